The second-order valence-corrected chi connectivity index (χ2v) is 9.27. The summed E-state index contributed by atoms with van der Waals surface area (Å²) in [4.78, 5) is 35.8. The number of nitrogens with one attached hydrogen (secondary N) is 2. The second-order valence-electron chi connectivity index (χ2n) is 8.33. The number of Topliss-reactive ketones (excluding diaryl/α,β-unsaturated/α-hetero) is 1. The van der Waals surface area contributed by atoms with Crippen LogP contribution in [-0.4, -0.2) is 38.1 Å². The Morgan fingerprint density at radius 3 is 2.05 bits per heavy atom. The molecule has 9 heteroatoms. The Labute approximate surface area is 219 Å². The number of carbonyl (C=O) groups is 3. The molecule has 0 aliphatic rings. The van der Waals surface area contributed by atoms with Gasteiger partial charge in [-0.1, -0.05) is 49.0 Å². The number of amides is 2. The number of rotatable bonds is 10. The summed E-state index contributed by atoms with van der Waals surface area (Å²) in [6.07, 6.45) is 0.408. The van der Waals surface area contributed by atoms with Crippen molar-refractivity contribution in [3.63, 3.8) is 0 Å². The number of hydrogen-bond acceptors (Lipinski definition) is 6. The Kier molecular flexibility index (Phi) is 8.48. The minimum atomic E-state index is -0.188. The molecule has 0 fully saturated rings. The predicted octanol–water partition coefficient (Wildman–Crippen LogP) is 5.28. The van der Waals surface area contributed by atoms with Crippen LogP contribution in [0.3, 0.4) is 0 Å². The van der Waals surface area contributed by atoms with Crippen molar-refractivity contribution in [3.05, 3.63) is 90.0 Å². The van der Waals surface area contributed by atoms with E-state index in [0.717, 1.165) is 11.1 Å². The van der Waals surface area contributed by atoms with Gasteiger partial charge in [0.25, 0.3) is 0 Å². The Hall–Kier alpha value is -4.24. The van der Waals surface area contributed by atoms with Gasteiger partial charge in [0.2, 0.25) is 11.8 Å². The molecule has 37 heavy (non-hydrogen) atoms. The van der Waals surface area contributed by atoms with Crippen molar-refractivity contribution in [2.45, 2.75) is 32.0 Å². The lowest BCUT2D eigenvalue weighted by atomic mass is 10.1. The lowest BCUT2D eigenvalue weighted by Crippen LogP contribution is -2.15. The van der Waals surface area contributed by atoms with E-state index in [1.165, 1.54) is 18.7 Å². The molecule has 4 aromatic rings. The standard InChI is InChI=1S/C28H27N5O3S/c1-3-25(35)29-23-15-11-22(12-16-23)27-31-32-28(33(27)17-20-7-5-4-6-8-20)37-18-26(36)30-24-13-9-21(10-14-24)19(2)34/h4-16H,3,17-18H2,1-2H3,(H,29,35)(H,30,36). The Morgan fingerprint density at radius 1 is 0.811 bits per heavy atom. The Balaban J connectivity index is 1.51. The molecule has 0 unspecified atom stereocenters. The molecular weight excluding hydrogens is 486 g/mol. The molecule has 0 atom stereocenters. The first kappa shape index (κ1) is 25.8. The SMILES string of the molecule is CCC(=O)Nc1ccc(-c2nnc(SCC(=O)Nc3ccc(C(C)=O)cc3)n2Cc2ccccc2)cc1. The van der Waals surface area contributed by atoms with Gasteiger partial charge in [-0.3, -0.25) is 19.0 Å². The Bertz CT molecular complexity index is 1380. The smallest absolute Gasteiger partial charge is 0.234 e. The second kappa shape index (κ2) is 12.1. The molecule has 0 aliphatic carbocycles. The van der Waals surface area contributed by atoms with E-state index in [1.807, 2.05) is 59.2 Å². The van der Waals surface area contributed by atoms with Gasteiger partial charge in [0, 0.05) is 28.9 Å². The average molecular weight is 514 g/mol. The number of aromatic nitrogens is 3. The van der Waals surface area contributed by atoms with Gasteiger partial charge in [-0.05, 0) is 61.0 Å². The Morgan fingerprint density at radius 2 is 1.43 bits per heavy atom. The molecule has 0 bridgehead atoms. The minimum Gasteiger partial charge on any atom is -0.326 e. The van der Waals surface area contributed by atoms with Crippen LogP contribution in [0.2, 0.25) is 0 Å². The van der Waals surface area contributed by atoms with Gasteiger partial charge < -0.3 is 10.6 Å². The van der Waals surface area contributed by atoms with Gasteiger partial charge in [-0.2, -0.15) is 0 Å². The van der Waals surface area contributed by atoms with E-state index in [0.29, 0.717) is 40.9 Å². The maximum Gasteiger partial charge on any atom is 0.234 e. The van der Waals surface area contributed by atoms with Crippen LogP contribution in [0.1, 0.15) is 36.2 Å². The van der Waals surface area contributed by atoms with Crippen LogP contribution in [-0.2, 0) is 16.1 Å². The first-order valence-electron chi connectivity index (χ1n) is 11.8. The van der Waals surface area contributed by atoms with Crippen LogP contribution in [0, 0.1) is 0 Å². The van der Waals surface area contributed by atoms with E-state index >= 15 is 0 Å². The van der Waals surface area contributed by atoms with Gasteiger partial charge in [-0.15, -0.1) is 10.2 Å². The average Bonchev–Trinajstić information content (AvgIpc) is 3.31. The van der Waals surface area contributed by atoms with E-state index in [1.54, 1.807) is 31.2 Å². The number of carbonyl (C=O) groups excluding carboxylic acids is 3. The molecule has 188 valence electrons. The minimum absolute atomic E-state index is 0.0256. The number of hydrogen-bond donors (Lipinski definition) is 2. The molecule has 1 aromatic heterocycles. The number of benzene rings is 3. The summed E-state index contributed by atoms with van der Waals surface area (Å²) >= 11 is 1.30. The van der Waals surface area contributed by atoms with Crippen molar-refractivity contribution < 1.29 is 14.4 Å². The molecule has 4 rings (SSSR count). The monoisotopic (exact) mass is 513 g/mol. The first-order valence-corrected chi connectivity index (χ1v) is 12.8. The first-order chi connectivity index (χ1) is 17.9. The van der Waals surface area contributed by atoms with E-state index in [4.69, 9.17) is 0 Å². The molecule has 8 nitrogen and oxygen atoms in total. The summed E-state index contributed by atoms with van der Waals surface area (Å²) in [6, 6.07) is 24.2. The van der Waals surface area contributed by atoms with E-state index in [9.17, 15) is 14.4 Å². The van der Waals surface area contributed by atoms with Crippen LogP contribution in [0.15, 0.2) is 84.0 Å². The van der Waals surface area contributed by atoms with Crippen molar-refractivity contribution in [3.8, 4) is 11.4 Å². The maximum absolute atomic E-state index is 12.6. The number of ketones is 1. The fourth-order valence-corrected chi connectivity index (χ4v) is 4.32. The quantitative estimate of drug-likeness (QED) is 0.221. The van der Waals surface area contributed by atoms with Crippen molar-refractivity contribution in [2.75, 3.05) is 16.4 Å². The van der Waals surface area contributed by atoms with Gasteiger partial charge >= 0.3 is 0 Å². The third-order valence-corrected chi connectivity index (χ3v) is 6.52. The molecule has 3 aromatic carbocycles. The van der Waals surface area contributed by atoms with Gasteiger partial charge in [0.15, 0.2) is 16.8 Å². The summed E-state index contributed by atoms with van der Waals surface area (Å²) in [6.45, 7) is 3.84. The lowest BCUT2D eigenvalue weighted by Gasteiger charge is -2.11. The topological polar surface area (TPSA) is 106 Å². The number of thioether (sulfide) groups is 1. The van der Waals surface area contributed by atoms with Crippen molar-refractivity contribution >= 4 is 40.7 Å². The highest BCUT2D eigenvalue weighted by Crippen LogP contribution is 2.26. The highest BCUT2D eigenvalue weighted by molar-refractivity contribution is 7.99. The van der Waals surface area contributed by atoms with E-state index < -0.39 is 0 Å². The zero-order chi connectivity index (χ0) is 26.2. The zero-order valence-corrected chi connectivity index (χ0v) is 21.4. The normalized spacial score (nSPS) is 10.6. The van der Waals surface area contributed by atoms with E-state index in [-0.39, 0.29) is 23.4 Å². The summed E-state index contributed by atoms with van der Waals surface area (Å²) in [5, 5.41) is 15.1. The van der Waals surface area contributed by atoms with Crippen LogP contribution >= 0.6 is 11.8 Å². The zero-order valence-electron chi connectivity index (χ0n) is 20.6. The number of nitrogens with zero attached hydrogens (tertiary/aromatic N) is 3. The lowest BCUT2D eigenvalue weighted by molar-refractivity contribution is -0.116. The predicted molar refractivity (Wildman–Crippen MR) is 146 cm³/mol. The summed E-state index contributed by atoms with van der Waals surface area (Å²) in [7, 11) is 0. The number of anilines is 2. The summed E-state index contributed by atoms with van der Waals surface area (Å²) in [5.41, 5.74) is 3.85. The highest BCUT2D eigenvalue weighted by Gasteiger charge is 2.17. The molecule has 2 N–H and O–H groups in total. The molecule has 2 amide bonds. The van der Waals surface area contributed by atoms with Gasteiger partial charge in [0.05, 0.1) is 12.3 Å². The molecule has 0 aliphatic heterocycles. The molecule has 0 saturated heterocycles. The van der Waals surface area contributed by atoms with Crippen LogP contribution in [0.25, 0.3) is 11.4 Å². The summed E-state index contributed by atoms with van der Waals surface area (Å²) in [5.74, 6) is 0.546. The van der Waals surface area contributed by atoms with Crippen molar-refractivity contribution in [1.82, 2.24) is 14.8 Å². The fraction of sp³-hybridized carbons (Fsp3) is 0.179. The molecule has 1 heterocycles. The molecule has 0 spiro atoms. The van der Waals surface area contributed by atoms with Crippen molar-refractivity contribution in [1.29, 1.82) is 0 Å². The van der Waals surface area contributed by atoms with Gasteiger partial charge in [-0.25, -0.2) is 0 Å². The third kappa shape index (κ3) is 6.92. The summed E-state index contributed by atoms with van der Waals surface area (Å²) < 4.78 is 1.98. The van der Waals surface area contributed by atoms with Gasteiger partial charge in [0.1, 0.15) is 0 Å². The van der Waals surface area contributed by atoms with Crippen molar-refractivity contribution in [2.24, 2.45) is 0 Å². The molecule has 0 radical (unpaired) electrons. The third-order valence-electron chi connectivity index (χ3n) is 5.56. The maximum atomic E-state index is 12.6. The van der Waals surface area contributed by atoms with Crippen LogP contribution < -0.4 is 10.6 Å². The van der Waals surface area contributed by atoms with Crippen LogP contribution in [0.4, 0.5) is 11.4 Å². The molecule has 0 saturated carbocycles. The van der Waals surface area contributed by atoms with Crippen LogP contribution in [0.5, 0.6) is 0 Å². The fourth-order valence-electron chi connectivity index (χ4n) is 3.59. The highest BCUT2D eigenvalue weighted by atomic mass is 32.2. The molecular formula is C28H27N5O3S. The largest absolute Gasteiger partial charge is 0.326 e. The van der Waals surface area contributed by atoms with E-state index in [2.05, 4.69) is 20.8 Å².